The molecule has 0 radical (unpaired) electrons. The lowest BCUT2D eigenvalue weighted by molar-refractivity contribution is -0.388. The van der Waals surface area contributed by atoms with Crippen LogP contribution in [-0.4, -0.2) is 27.1 Å². The molecule has 0 fully saturated rings. The molecule has 2 N–H and O–H groups in total. The summed E-state index contributed by atoms with van der Waals surface area (Å²) in [6, 6.07) is 2.62. The fourth-order valence-electron chi connectivity index (χ4n) is 0.763. The van der Waals surface area contributed by atoms with Crippen LogP contribution in [0, 0.1) is 10.1 Å². The zero-order valence-corrected chi connectivity index (χ0v) is 5.91. The van der Waals surface area contributed by atoms with Gasteiger partial charge in [0.15, 0.2) is 0 Å². The summed E-state index contributed by atoms with van der Waals surface area (Å²) in [5.74, 6) is -0.535. The van der Waals surface area contributed by atoms with E-state index in [1.807, 2.05) is 0 Å². The van der Waals surface area contributed by atoms with Gasteiger partial charge in [-0.3, -0.25) is 0 Å². The lowest BCUT2D eigenvalue weighted by Gasteiger charge is -1.98. The van der Waals surface area contributed by atoms with Crippen molar-refractivity contribution in [1.29, 1.82) is 0 Å². The van der Waals surface area contributed by atoms with E-state index in [2.05, 4.69) is 4.98 Å². The Balaban J connectivity index is 3.17. The van der Waals surface area contributed by atoms with Gasteiger partial charge in [0.25, 0.3) is 0 Å². The van der Waals surface area contributed by atoms with E-state index in [-0.39, 0.29) is 5.46 Å². The summed E-state index contributed by atoms with van der Waals surface area (Å²) >= 11 is 0. The van der Waals surface area contributed by atoms with Gasteiger partial charge in [-0.15, -0.1) is 0 Å². The molecule has 0 atom stereocenters. The second-order valence-corrected chi connectivity index (χ2v) is 2.05. The highest BCUT2D eigenvalue weighted by atomic mass is 16.6. The van der Waals surface area contributed by atoms with Crippen LogP contribution >= 0.6 is 0 Å². The average molecular weight is 168 g/mol. The molecule has 1 aromatic heterocycles. The second kappa shape index (κ2) is 3.29. The lowest BCUT2D eigenvalue weighted by atomic mass is 9.81. The van der Waals surface area contributed by atoms with Crippen LogP contribution in [0.3, 0.4) is 0 Å². The lowest BCUT2D eigenvalue weighted by Crippen LogP contribution is -2.32. The fourth-order valence-corrected chi connectivity index (χ4v) is 0.763. The predicted octanol–water partition coefficient (Wildman–Crippen LogP) is -1.33. The molecule has 1 rings (SSSR count). The van der Waals surface area contributed by atoms with Gasteiger partial charge in [-0.25, -0.2) is 0 Å². The number of hydrogen-bond acceptors (Lipinski definition) is 5. The summed E-state index contributed by atoms with van der Waals surface area (Å²) in [6.07, 6.45) is 1.21. The Hall–Kier alpha value is -1.47. The van der Waals surface area contributed by atoms with Crippen molar-refractivity contribution in [3.8, 4) is 0 Å². The maximum Gasteiger partial charge on any atom is 0.497 e. The van der Waals surface area contributed by atoms with Gasteiger partial charge in [0.05, 0.1) is 5.46 Å². The number of aromatic nitrogens is 1. The molecule has 1 aromatic rings. The molecule has 0 bridgehead atoms. The molecular weight excluding hydrogens is 163 g/mol. The van der Waals surface area contributed by atoms with Gasteiger partial charge in [-0.1, -0.05) is 6.07 Å². The fraction of sp³-hybridized carbons (Fsp3) is 0. The Labute approximate surface area is 67.8 Å². The molecule has 0 aliphatic carbocycles. The molecule has 0 aliphatic rings. The van der Waals surface area contributed by atoms with Gasteiger partial charge in [0.1, 0.15) is 6.20 Å². The van der Waals surface area contributed by atoms with Gasteiger partial charge in [0, 0.05) is 0 Å². The average Bonchev–Trinajstić information content (AvgIpc) is 2.04. The Morgan fingerprint density at radius 3 is 2.67 bits per heavy atom. The Morgan fingerprint density at radius 2 is 2.25 bits per heavy atom. The molecule has 7 heteroatoms. The monoisotopic (exact) mass is 168 g/mol. The molecule has 0 spiro atoms. The third-order valence-corrected chi connectivity index (χ3v) is 1.27. The van der Waals surface area contributed by atoms with Crippen LogP contribution in [0.4, 0.5) is 5.82 Å². The summed E-state index contributed by atoms with van der Waals surface area (Å²) in [7, 11) is -1.86. The van der Waals surface area contributed by atoms with Crippen LogP contribution in [0.5, 0.6) is 0 Å². The number of hydrogen-bond donors (Lipinski definition) is 2. The highest BCUT2D eigenvalue weighted by Crippen LogP contribution is 2.01. The molecule has 12 heavy (non-hydrogen) atoms. The first-order valence-corrected chi connectivity index (χ1v) is 3.08. The molecule has 0 amide bonds. The van der Waals surface area contributed by atoms with Crippen molar-refractivity contribution in [3.05, 3.63) is 28.4 Å². The molecule has 0 aromatic carbocycles. The minimum Gasteiger partial charge on any atom is -0.423 e. The topological polar surface area (TPSA) is 96.5 Å². The maximum absolute atomic E-state index is 10.2. The highest BCUT2D eigenvalue weighted by molar-refractivity contribution is 6.60. The summed E-state index contributed by atoms with van der Waals surface area (Å²) in [5, 5.41) is 27.6. The van der Waals surface area contributed by atoms with Crippen molar-refractivity contribution in [3.63, 3.8) is 0 Å². The second-order valence-electron chi connectivity index (χ2n) is 2.05. The third-order valence-electron chi connectivity index (χ3n) is 1.27. The highest BCUT2D eigenvalue weighted by Gasteiger charge is 2.23. The van der Waals surface area contributed by atoms with Crippen molar-refractivity contribution >= 4 is 18.4 Å². The predicted molar refractivity (Wildman–Crippen MR) is 40.7 cm³/mol. The Kier molecular flexibility index (Phi) is 2.36. The maximum atomic E-state index is 10.2. The molecule has 0 saturated carbocycles. The number of nitrogens with zero attached hydrogens (tertiary/aromatic N) is 2. The summed E-state index contributed by atoms with van der Waals surface area (Å²) in [5.41, 5.74) is -0.206. The largest absolute Gasteiger partial charge is 0.497 e. The van der Waals surface area contributed by atoms with Gasteiger partial charge < -0.3 is 20.2 Å². The Bertz CT molecular complexity index is 303. The van der Waals surface area contributed by atoms with Crippen molar-refractivity contribution < 1.29 is 15.0 Å². The van der Waals surface area contributed by atoms with E-state index in [1.165, 1.54) is 18.3 Å². The van der Waals surface area contributed by atoms with E-state index >= 15 is 0 Å². The van der Waals surface area contributed by atoms with Gasteiger partial charge in [-0.05, 0) is 16.0 Å². The quantitative estimate of drug-likeness (QED) is 0.324. The first-order chi connectivity index (χ1) is 5.63. The molecule has 0 unspecified atom stereocenters. The molecule has 1 heterocycles. The third kappa shape index (κ3) is 1.58. The van der Waals surface area contributed by atoms with E-state index < -0.39 is 17.9 Å². The van der Waals surface area contributed by atoms with Crippen LogP contribution in [0.25, 0.3) is 0 Å². The zero-order chi connectivity index (χ0) is 9.14. The van der Waals surface area contributed by atoms with Crippen LogP contribution in [-0.2, 0) is 0 Å². The van der Waals surface area contributed by atoms with E-state index in [1.54, 1.807) is 0 Å². The number of rotatable bonds is 2. The van der Waals surface area contributed by atoms with Gasteiger partial charge >= 0.3 is 12.9 Å². The molecule has 62 valence electrons. The normalized spacial score (nSPS) is 9.50. The SMILES string of the molecule is O=[N+]([O-])c1ncccc1B(O)O. The zero-order valence-electron chi connectivity index (χ0n) is 5.91. The minimum absolute atomic E-state index is 0.206. The van der Waals surface area contributed by atoms with Crippen LogP contribution in [0.15, 0.2) is 18.3 Å². The summed E-state index contributed by atoms with van der Waals surface area (Å²) in [4.78, 5) is 12.9. The van der Waals surface area contributed by atoms with E-state index in [0.717, 1.165) is 0 Å². The van der Waals surface area contributed by atoms with E-state index in [4.69, 9.17) is 10.0 Å². The summed E-state index contributed by atoms with van der Waals surface area (Å²) in [6.45, 7) is 0. The molecule has 0 saturated heterocycles. The summed E-state index contributed by atoms with van der Waals surface area (Å²) < 4.78 is 0. The molecule has 0 aliphatic heterocycles. The molecule has 6 nitrogen and oxygen atoms in total. The number of nitro groups is 1. The van der Waals surface area contributed by atoms with Crippen molar-refractivity contribution in [2.45, 2.75) is 0 Å². The van der Waals surface area contributed by atoms with Crippen molar-refractivity contribution in [2.24, 2.45) is 0 Å². The van der Waals surface area contributed by atoms with Gasteiger partial charge in [-0.2, -0.15) is 0 Å². The first kappa shape index (κ1) is 8.63. The van der Waals surface area contributed by atoms with Crippen LogP contribution < -0.4 is 5.46 Å². The van der Waals surface area contributed by atoms with E-state index in [9.17, 15) is 10.1 Å². The number of pyridine rings is 1. The van der Waals surface area contributed by atoms with Crippen molar-refractivity contribution in [1.82, 2.24) is 4.98 Å². The van der Waals surface area contributed by atoms with Crippen LogP contribution in [0.2, 0.25) is 0 Å². The molecular formula is C5H5BN2O4. The minimum atomic E-state index is -1.86. The van der Waals surface area contributed by atoms with Crippen LogP contribution in [0.1, 0.15) is 0 Å². The Morgan fingerprint density at radius 1 is 1.58 bits per heavy atom. The first-order valence-electron chi connectivity index (χ1n) is 3.08. The smallest absolute Gasteiger partial charge is 0.423 e. The standard InChI is InChI=1S/C5H5BN2O4/c9-6(10)4-2-1-3-7-5(4)8(11)12/h1-3,9-10H. The van der Waals surface area contributed by atoms with Gasteiger partial charge in [0.2, 0.25) is 0 Å². The van der Waals surface area contributed by atoms with Crippen molar-refractivity contribution in [2.75, 3.05) is 0 Å². The van der Waals surface area contributed by atoms with E-state index in [0.29, 0.717) is 0 Å².